The molecule has 17 heavy (non-hydrogen) atoms. The van der Waals surface area contributed by atoms with Crippen LogP contribution in [-0.2, 0) is 0 Å². The molecule has 0 saturated heterocycles. The molecule has 0 spiro atoms. The van der Waals surface area contributed by atoms with Crippen molar-refractivity contribution < 1.29 is 9.72 Å². The topological polar surface area (TPSA) is 79.2 Å². The Balaban J connectivity index is 2.75. The summed E-state index contributed by atoms with van der Waals surface area (Å²) in [5, 5.41) is 10.5. The minimum Gasteiger partial charge on any atom is -0.351 e. The minimum atomic E-state index is -0.539. The van der Waals surface area contributed by atoms with E-state index in [1.54, 1.807) is 4.90 Å². The van der Waals surface area contributed by atoms with Crippen LogP contribution in [0.1, 0.15) is 23.8 Å². The molecule has 0 aromatic carbocycles. The maximum Gasteiger partial charge on any atom is 0.287 e. The van der Waals surface area contributed by atoms with Crippen molar-refractivity contribution in [1.29, 1.82) is 0 Å². The molecule has 1 amide bonds. The minimum absolute atomic E-state index is 0.109. The van der Waals surface area contributed by atoms with Crippen LogP contribution < -0.4 is 0 Å². The van der Waals surface area contributed by atoms with E-state index in [1.807, 2.05) is 6.92 Å². The summed E-state index contributed by atoms with van der Waals surface area (Å²) in [5.41, 5.74) is 0.120. The van der Waals surface area contributed by atoms with E-state index in [4.69, 9.17) is 11.6 Å². The van der Waals surface area contributed by atoms with Crippen molar-refractivity contribution in [2.24, 2.45) is 0 Å². The number of aromatic nitrogens is 1. The molecule has 1 aromatic heterocycles. The molecule has 1 N–H and O–H groups in total. The smallest absolute Gasteiger partial charge is 0.287 e. The first-order valence-corrected chi connectivity index (χ1v) is 5.81. The second kappa shape index (κ2) is 6.24. The zero-order chi connectivity index (χ0) is 12.8. The molecule has 1 rings (SSSR count). The van der Waals surface area contributed by atoms with Gasteiger partial charge in [-0.15, -0.1) is 11.6 Å². The van der Waals surface area contributed by atoms with Gasteiger partial charge in [-0.2, -0.15) is 0 Å². The average molecular weight is 260 g/mol. The molecular weight excluding hydrogens is 246 g/mol. The Bertz CT molecular complexity index is 405. The van der Waals surface area contributed by atoms with Gasteiger partial charge >= 0.3 is 0 Å². The van der Waals surface area contributed by atoms with Gasteiger partial charge in [-0.3, -0.25) is 14.9 Å². The number of rotatable bonds is 6. The Kier molecular flexibility index (Phi) is 4.96. The Morgan fingerprint density at radius 3 is 2.82 bits per heavy atom. The summed E-state index contributed by atoms with van der Waals surface area (Å²) in [7, 11) is 0. The molecule has 0 fully saturated rings. The third kappa shape index (κ3) is 3.45. The lowest BCUT2D eigenvalue weighted by atomic mass is 10.3. The number of H-pyrrole nitrogens is 1. The highest BCUT2D eigenvalue weighted by Crippen LogP contribution is 2.14. The second-order valence-electron chi connectivity index (χ2n) is 3.46. The van der Waals surface area contributed by atoms with Crippen LogP contribution in [0.5, 0.6) is 0 Å². The van der Waals surface area contributed by atoms with Gasteiger partial charge < -0.3 is 9.88 Å². The van der Waals surface area contributed by atoms with Crippen LogP contribution in [0.2, 0.25) is 0 Å². The lowest BCUT2D eigenvalue weighted by molar-refractivity contribution is -0.384. The van der Waals surface area contributed by atoms with Crippen LogP contribution in [0, 0.1) is 10.1 Å². The predicted octanol–water partition coefficient (Wildman–Crippen LogP) is 2.01. The van der Waals surface area contributed by atoms with Crippen LogP contribution in [0.4, 0.5) is 5.69 Å². The van der Waals surface area contributed by atoms with Crippen molar-refractivity contribution in [1.82, 2.24) is 9.88 Å². The molecule has 0 aliphatic rings. The molecule has 0 bridgehead atoms. The molecule has 1 aromatic rings. The number of hydrogen-bond acceptors (Lipinski definition) is 3. The lowest BCUT2D eigenvalue weighted by Crippen LogP contribution is -2.32. The fourth-order valence-corrected chi connectivity index (χ4v) is 1.56. The number of nitrogens with one attached hydrogen (secondary N) is 1. The summed E-state index contributed by atoms with van der Waals surface area (Å²) in [4.78, 5) is 26.1. The van der Waals surface area contributed by atoms with E-state index in [2.05, 4.69) is 4.98 Å². The van der Waals surface area contributed by atoms with E-state index in [0.717, 1.165) is 0 Å². The van der Waals surface area contributed by atoms with Gasteiger partial charge in [0.1, 0.15) is 5.69 Å². The first-order valence-electron chi connectivity index (χ1n) is 5.28. The molecule has 1 heterocycles. The molecule has 6 nitrogen and oxygen atoms in total. The van der Waals surface area contributed by atoms with Gasteiger partial charge in [0.15, 0.2) is 0 Å². The van der Waals surface area contributed by atoms with Gasteiger partial charge in [0.2, 0.25) is 0 Å². The summed E-state index contributed by atoms with van der Waals surface area (Å²) >= 11 is 5.56. The zero-order valence-electron chi connectivity index (χ0n) is 9.48. The van der Waals surface area contributed by atoms with Gasteiger partial charge in [-0.25, -0.2) is 0 Å². The predicted molar refractivity (Wildman–Crippen MR) is 64.4 cm³/mol. The molecule has 7 heteroatoms. The Labute approximate surface area is 104 Å². The normalized spacial score (nSPS) is 10.2. The quantitative estimate of drug-likeness (QED) is 0.482. The van der Waals surface area contributed by atoms with Gasteiger partial charge in [0.25, 0.3) is 11.6 Å². The molecule has 0 unspecified atom stereocenters. The average Bonchev–Trinajstić information content (AvgIpc) is 2.79. The van der Waals surface area contributed by atoms with Crippen molar-refractivity contribution in [3.8, 4) is 0 Å². The fraction of sp³-hybridized carbons (Fsp3) is 0.500. The van der Waals surface area contributed by atoms with E-state index in [0.29, 0.717) is 25.4 Å². The van der Waals surface area contributed by atoms with Gasteiger partial charge in [-0.05, 0) is 13.3 Å². The fourth-order valence-electron chi connectivity index (χ4n) is 1.44. The van der Waals surface area contributed by atoms with Crippen molar-refractivity contribution in [2.45, 2.75) is 13.3 Å². The summed E-state index contributed by atoms with van der Waals surface area (Å²) < 4.78 is 0. The van der Waals surface area contributed by atoms with Crippen LogP contribution in [-0.4, -0.2) is 39.7 Å². The van der Waals surface area contributed by atoms with Crippen LogP contribution >= 0.6 is 11.6 Å². The maximum atomic E-state index is 11.9. The van der Waals surface area contributed by atoms with Crippen LogP contribution in [0.3, 0.4) is 0 Å². The molecule has 94 valence electrons. The van der Waals surface area contributed by atoms with Crippen LogP contribution in [0.25, 0.3) is 0 Å². The SMILES string of the molecule is CCN(CCCCl)C(=O)c1cc([N+](=O)[O-])c[nH]1. The van der Waals surface area contributed by atoms with E-state index in [1.165, 1.54) is 12.3 Å². The Morgan fingerprint density at radius 1 is 1.65 bits per heavy atom. The first kappa shape index (κ1) is 13.5. The highest BCUT2D eigenvalue weighted by molar-refractivity contribution is 6.17. The number of carbonyl (C=O) groups excluding carboxylic acids is 1. The number of nitro groups is 1. The van der Waals surface area contributed by atoms with Gasteiger partial charge in [0.05, 0.1) is 11.1 Å². The van der Waals surface area contributed by atoms with Crippen molar-refractivity contribution >= 4 is 23.2 Å². The number of halogens is 1. The second-order valence-corrected chi connectivity index (χ2v) is 3.83. The number of alkyl halides is 1. The molecule has 0 aliphatic heterocycles. The van der Waals surface area contributed by atoms with Crippen molar-refractivity contribution in [2.75, 3.05) is 19.0 Å². The Morgan fingerprint density at radius 2 is 2.35 bits per heavy atom. The van der Waals surface area contributed by atoms with E-state index in [-0.39, 0.29) is 17.3 Å². The van der Waals surface area contributed by atoms with Crippen molar-refractivity contribution in [3.63, 3.8) is 0 Å². The standard InChI is InChI=1S/C10H14ClN3O3/c1-2-13(5-3-4-11)10(15)9-6-8(7-12-9)14(16)17/h6-7,12H,2-5H2,1H3. The van der Waals surface area contributed by atoms with Gasteiger partial charge in [-0.1, -0.05) is 0 Å². The molecule has 0 radical (unpaired) electrons. The number of hydrogen-bond donors (Lipinski definition) is 1. The largest absolute Gasteiger partial charge is 0.351 e. The third-order valence-electron chi connectivity index (χ3n) is 2.34. The number of aromatic amines is 1. The zero-order valence-corrected chi connectivity index (χ0v) is 10.2. The maximum absolute atomic E-state index is 11.9. The molecular formula is C10H14ClN3O3. The molecule has 0 atom stereocenters. The van der Waals surface area contributed by atoms with E-state index < -0.39 is 4.92 Å². The van der Waals surface area contributed by atoms with Crippen molar-refractivity contribution in [3.05, 3.63) is 28.1 Å². The number of amides is 1. The summed E-state index contributed by atoms with van der Waals surface area (Å²) in [6.45, 7) is 2.94. The highest BCUT2D eigenvalue weighted by Gasteiger charge is 2.18. The highest BCUT2D eigenvalue weighted by atomic mass is 35.5. The van der Waals surface area contributed by atoms with E-state index >= 15 is 0 Å². The third-order valence-corrected chi connectivity index (χ3v) is 2.61. The Hall–Kier alpha value is -1.56. The lowest BCUT2D eigenvalue weighted by Gasteiger charge is -2.19. The van der Waals surface area contributed by atoms with E-state index in [9.17, 15) is 14.9 Å². The summed E-state index contributed by atoms with van der Waals surface area (Å²) in [5.74, 6) is 0.236. The monoisotopic (exact) mass is 259 g/mol. The first-order chi connectivity index (χ1) is 8.10. The number of carbonyl (C=O) groups is 1. The number of nitrogens with zero attached hydrogens (tertiary/aromatic N) is 2. The van der Waals surface area contributed by atoms with Gasteiger partial charge in [0, 0.05) is 25.0 Å². The van der Waals surface area contributed by atoms with Crippen LogP contribution in [0.15, 0.2) is 12.3 Å². The molecule has 0 aliphatic carbocycles. The molecule has 0 saturated carbocycles. The summed E-state index contributed by atoms with van der Waals surface area (Å²) in [6.07, 6.45) is 1.91. The summed E-state index contributed by atoms with van der Waals surface area (Å²) in [6, 6.07) is 1.24.